The maximum atomic E-state index is 9.49. The summed E-state index contributed by atoms with van der Waals surface area (Å²) < 4.78 is 6.25. The molecule has 1 unspecified atom stereocenters. The van der Waals surface area contributed by atoms with Crippen molar-refractivity contribution in [1.29, 1.82) is 5.26 Å². The molecule has 0 N–H and O–H groups in total. The molecule has 0 aliphatic heterocycles. The van der Waals surface area contributed by atoms with Crippen molar-refractivity contribution in [3.63, 3.8) is 0 Å². The van der Waals surface area contributed by atoms with Crippen molar-refractivity contribution in [3.05, 3.63) is 42.0 Å². The van der Waals surface area contributed by atoms with Gasteiger partial charge < -0.3 is 4.43 Å². The van der Waals surface area contributed by atoms with E-state index < -0.39 is 13.9 Å². The summed E-state index contributed by atoms with van der Waals surface area (Å²) in [6, 6.07) is 12.3. The molecular formula is C17H25NOSi. The Morgan fingerprint density at radius 2 is 1.65 bits per heavy atom. The average molecular weight is 287 g/mol. The lowest BCUT2D eigenvalue weighted by molar-refractivity contribution is 0.178. The Bertz CT molecular complexity index is 508. The molecular weight excluding hydrogens is 262 g/mol. The molecule has 0 amide bonds. The number of nitrogens with zero attached hydrogens (tertiary/aromatic N) is 1. The molecule has 0 radical (unpaired) electrons. The maximum absolute atomic E-state index is 9.49. The lowest BCUT2D eigenvalue weighted by atomic mass is 10.1. The first-order valence-corrected chi connectivity index (χ1v) is 9.86. The number of hydrogen-bond donors (Lipinski definition) is 0. The Hall–Kier alpha value is -1.37. The van der Waals surface area contributed by atoms with Crippen LogP contribution >= 0.6 is 0 Å². The summed E-state index contributed by atoms with van der Waals surface area (Å²) in [6.45, 7) is 12.7. The van der Waals surface area contributed by atoms with E-state index in [9.17, 15) is 5.26 Å². The molecule has 0 heterocycles. The maximum Gasteiger partial charge on any atom is 0.194 e. The molecule has 1 rings (SSSR count). The molecule has 108 valence electrons. The van der Waals surface area contributed by atoms with Crippen LogP contribution in [0.4, 0.5) is 0 Å². The van der Waals surface area contributed by atoms with Gasteiger partial charge in [0.2, 0.25) is 0 Å². The number of nitriles is 1. The Kier molecular flexibility index (Phi) is 4.96. The smallest absolute Gasteiger partial charge is 0.194 e. The molecule has 0 saturated heterocycles. The van der Waals surface area contributed by atoms with Gasteiger partial charge in [-0.2, -0.15) is 5.26 Å². The second-order valence-corrected chi connectivity index (χ2v) is 11.5. The van der Waals surface area contributed by atoms with Crippen molar-refractivity contribution < 1.29 is 4.43 Å². The SMILES string of the molecule is CC(C#N)(/C=C/c1ccccc1)O[Si](C)(C)C(C)(C)C. The van der Waals surface area contributed by atoms with Gasteiger partial charge in [0.25, 0.3) is 0 Å². The summed E-state index contributed by atoms with van der Waals surface area (Å²) in [4.78, 5) is 0. The lowest BCUT2D eigenvalue weighted by Gasteiger charge is -2.40. The Balaban J connectivity index is 2.94. The van der Waals surface area contributed by atoms with Gasteiger partial charge in [0.15, 0.2) is 13.9 Å². The van der Waals surface area contributed by atoms with Crippen LogP contribution in [0.5, 0.6) is 0 Å². The second kappa shape index (κ2) is 5.95. The van der Waals surface area contributed by atoms with E-state index in [1.54, 1.807) is 0 Å². The first kappa shape index (κ1) is 16.7. The molecule has 3 heteroatoms. The van der Waals surface area contributed by atoms with E-state index in [1.807, 2.05) is 49.4 Å². The Labute approximate surface area is 124 Å². The van der Waals surface area contributed by atoms with Crippen molar-refractivity contribution in [3.8, 4) is 6.07 Å². The van der Waals surface area contributed by atoms with Crippen LogP contribution in [0.3, 0.4) is 0 Å². The highest BCUT2D eigenvalue weighted by Crippen LogP contribution is 2.39. The molecule has 1 atom stereocenters. The summed E-state index contributed by atoms with van der Waals surface area (Å²) in [5, 5.41) is 9.58. The topological polar surface area (TPSA) is 33.0 Å². The highest BCUT2D eigenvalue weighted by Gasteiger charge is 2.42. The fourth-order valence-corrected chi connectivity index (χ4v) is 3.08. The minimum atomic E-state index is -1.97. The highest BCUT2D eigenvalue weighted by atomic mass is 28.4. The standard InChI is InChI=1S/C17H25NOSi/c1-16(2,3)20(5,6)19-17(4,14-18)13-12-15-10-8-7-9-11-15/h7-13H,1-6H3/b13-12+. The minimum Gasteiger partial charge on any atom is -0.396 e. The second-order valence-electron chi connectivity index (χ2n) is 6.83. The van der Waals surface area contributed by atoms with Gasteiger partial charge in [0, 0.05) is 0 Å². The van der Waals surface area contributed by atoms with Crippen LogP contribution in [-0.4, -0.2) is 13.9 Å². The lowest BCUT2D eigenvalue weighted by Crippen LogP contribution is -2.47. The fraction of sp³-hybridized carbons (Fsp3) is 0.471. The van der Waals surface area contributed by atoms with E-state index >= 15 is 0 Å². The van der Waals surface area contributed by atoms with Gasteiger partial charge in [-0.05, 0) is 36.7 Å². The molecule has 2 nitrogen and oxygen atoms in total. The third kappa shape index (κ3) is 4.33. The minimum absolute atomic E-state index is 0.0890. The first-order valence-electron chi connectivity index (χ1n) is 6.95. The molecule has 0 fully saturated rings. The zero-order chi connectivity index (χ0) is 15.4. The van der Waals surface area contributed by atoms with Crippen molar-refractivity contribution in [1.82, 2.24) is 0 Å². The van der Waals surface area contributed by atoms with Crippen LogP contribution < -0.4 is 0 Å². The molecule has 1 aromatic carbocycles. The molecule has 0 aliphatic carbocycles. The van der Waals surface area contributed by atoms with Crippen molar-refractivity contribution in [2.45, 2.75) is 51.4 Å². The summed E-state index contributed by atoms with van der Waals surface area (Å²) in [5.41, 5.74) is 0.201. The van der Waals surface area contributed by atoms with Gasteiger partial charge in [-0.1, -0.05) is 57.2 Å². The van der Waals surface area contributed by atoms with Gasteiger partial charge in [-0.15, -0.1) is 0 Å². The van der Waals surface area contributed by atoms with Gasteiger partial charge >= 0.3 is 0 Å². The van der Waals surface area contributed by atoms with E-state index in [4.69, 9.17) is 4.43 Å². The fourth-order valence-electron chi connectivity index (χ4n) is 1.60. The predicted octanol–water partition coefficient (Wildman–Crippen LogP) is 5.00. The van der Waals surface area contributed by atoms with Crippen LogP contribution in [0.1, 0.15) is 33.3 Å². The van der Waals surface area contributed by atoms with Crippen molar-refractivity contribution in [2.24, 2.45) is 0 Å². The molecule has 0 aliphatic rings. The normalized spacial score (nSPS) is 15.8. The van der Waals surface area contributed by atoms with Crippen LogP contribution in [0, 0.1) is 11.3 Å². The summed E-state index contributed by atoms with van der Waals surface area (Å²) in [6.07, 6.45) is 3.82. The Morgan fingerprint density at radius 3 is 2.10 bits per heavy atom. The molecule has 0 saturated carbocycles. The summed E-state index contributed by atoms with van der Waals surface area (Å²) in [7, 11) is -1.97. The summed E-state index contributed by atoms with van der Waals surface area (Å²) >= 11 is 0. The summed E-state index contributed by atoms with van der Waals surface area (Å²) in [5.74, 6) is 0. The molecule has 1 aromatic rings. The zero-order valence-corrected chi connectivity index (χ0v) is 14.4. The zero-order valence-electron chi connectivity index (χ0n) is 13.4. The monoisotopic (exact) mass is 287 g/mol. The van der Waals surface area contributed by atoms with Crippen molar-refractivity contribution >= 4 is 14.4 Å². The van der Waals surface area contributed by atoms with Crippen LogP contribution in [0.25, 0.3) is 6.08 Å². The van der Waals surface area contributed by atoms with E-state index in [0.717, 1.165) is 5.56 Å². The van der Waals surface area contributed by atoms with Gasteiger partial charge in [-0.3, -0.25) is 0 Å². The third-order valence-corrected chi connectivity index (χ3v) is 8.44. The molecule has 0 aromatic heterocycles. The quantitative estimate of drug-likeness (QED) is 0.730. The molecule has 0 spiro atoms. The number of rotatable bonds is 4. The number of benzene rings is 1. The largest absolute Gasteiger partial charge is 0.396 e. The van der Waals surface area contributed by atoms with Crippen LogP contribution in [-0.2, 0) is 4.43 Å². The molecule has 20 heavy (non-hydrogen) atoms. The third-order valence-electron chi connectivity index (χ3n) is 3.89. The van der Waals surface area contributed by atoms with E-state index in [2.05, 4.69) is 39.9 Å². The predicted molar refractivity (Wildman–Crippen MR) is 87.8 cm³/mol. The van der Waals surface area contributed by atoms with Gasteiger partial charge in [-0.25, -0.2) is 0 Å². The Morgan fingerprint density at radius 1 is 1.10 bits per heavy atom. The van der Waals surface area contributed by atoms with E-state index in [1.165, 1.54) is 0 Å². The van der Waals surface area contributed by atoms with E-state index in [-0.39, 0.29) is 5.04 Å². The number of hydrogen-bond acceptors (Lipinski definition) is 2. The average Bonchev–Trinajstić information content (AvgIpc) is 2.36. The first-order chi connectivity index (χ1) is 9.10. The van der Waals surface area contributed by atoms with Crippen LogP contribution in [0.15, 0.2) is 36.4 Å². The van der Waals surface area contributed by atoms with Crippen molar-refractivity contribution in [2.75, 3.05) is 0 Å². The van der Waals surface area contributed by atoms with Gasteiger partial charge in [0.05, 0.1) is 0 Å². The van der Waals surface area contributed by atoms with Gasteiger partial charge in [0.1, 0.15) is 6.07 Å². The molecule has 0 bridgehead atoms. The van der Waals surface area contributed by atoms with Crippen LogP contribution in [0.2, 0.25) is 18.1 Å². The highest BCUT2D eigenvalue weighted by molar-refractivity contribution is 6.74. The van der Waals surface area contributed by atoms with E-state index in [0.29, 0.717) is 0 Å².